The molecule has 0 amide bonds. The zero-order chi connectivity index (χ0) is 8.11. The lowest BCUT2D eigenvalue weighted by molar-refractivity contribution is -0.0439. The van der Waals surface area contributed by atoms with Gasteiger partial charge in [0.2, 0.25) is 0 Å². The Morgan fingerprint density at radius 2 is 2.09 bits per heavy atom. The van der Waals surface area contributed by atoms with Gasteiger partial charge in [0.05, 0.1) is 12.2 Å². The maximum absolute atomic E-state index is 12.4. The van der Waals surface area contributed by atoms with E-state index in [2.05, 4.69) is 13.8 Å². The zero-order valence-corrected chi connectivity index (χ0v) is 7.19. The second-order valence-corrected chi connectivity index (χ2v) is 4.48. The van der Waals surface area contributed by atoms with Crippen LogP contribution < -0.4 is 0 Å². The molecule has 2 heteroatoms. The summed E-state index contributed by atoms with van der Waals surface area (Å²) in [5.74, 6) is 0.643. The number of ether oxygens (including phenoxy) is 1. The van der Waals surface area contributed by atoms with E-state index < -0.39 is 0 Å². The van der Waals surface area contributed by atoms with Gasteiger partial charge in [0.25, 0.3) is 0 Å². The van der Waals surface area contributed by atoms with Gasteiger partial charge in [0.1, 0.15) is 6.67 Å². The summed E-state index contributed by atoms with van der Waals surface area (Å²) in [6, 6.07) is 0. The molecular formula is C9H15FO. The molecule has 2 aliphatic heterocycles. The number of hydrogen-bond acceptors (Lipinski definition) is 1. The summed E-state index contributed by atoms with van der Waals surface area (Å²) >= 11 is 0. The fourth-order valence-corrected chi connectivity index (χ4v) is 2.44. The average Bonchev–Trinajstić information content (AvgIpc) is 2.39. The van der Waals surface area contributed by atoms with Crippen molar-refractivity contribution in [3.63, 3.8) is 0 Å². The van der Waals surface area contributed by atoms with Crippen LogP contribution >= 0.6 is 0 Å². The van der Waals surface area contributed by atoms with E-state index >= 15 is 0 Å². The minimum Gasteiger partial charge on any atom is -0.372 e. The summed E-state index contributed by atoms with van der Waals surface area (Å²) in [5.41, 5.74) is -0.00361. The molecule has 2 saturated heterocycles. The number of halogens is 1. The number of rotatable bonds is 2. The minimum atomic E-state index is -0.343. The molecule has 2 heterocycles. The van der Waals surface area contributed by atoms with Crippen LogP contribution in [0.5, 0.6) is 0 Å². The van der Waals surface area contributed by atoms with E-state index in [4.69, 9.17) is 4.74 Å². The topological polar surface area (TPSA) is 9.23 Å². The Morgan fingerprint density at radius 3 is 2.36 bits per heavy atom. The molecule has 0 aromatic carbocycles. The molecule has 0 aromatic rings. The Labute approximate surface area is 66.9 Å². The highest BCUT2D eigenvalue weighted by molar-refractivity contribution is 5.11. The first-order valence-corrected chi connectivity index (χ1v) is 4.32. The average molecular weight is 158 g/mol. The Balaban J connectivity index is 2.08. The number of fused-ring (bicyclic) bond motifs is 1. The van der Waals surface area contributed by atoms with Crippen LogP contribution in [-0.2, 0) is 4.74 Å². The van der Waals surface area contributed by atoms with Gasteiger partial charge in [-0.1, -0.05) is 13.8 Å². The first-order chi connectivity index (χ1) is 5.13. The van der Waals surface area contributed by atoms with Gasteiger partial charge in [-0.3, -0.25) is 0 Å². The van der Waals surface area contributed by atoms with Crippen LogP contribution in [0.25, 0.3) is 0 Å². The normalized spacial score (nSPS) is 48.0. The summed E-state index contributed by atoms with van der Waals surface area (Å²) in [6.45, 7) is 4.91. The first-order valence-electron chi connectivity index (χ1n) is 4.32. The summed E-state index contributed by atoms with van der Waals surface area (Å²) < 4.78 is 17.9. The molecule has 3 aliphatic rings. The van der Waals surface area contributed by atoms with E-state index in [1.165, 1.54) is 0 Å². The maximum atomic E-state index is 12.4. The fraction of sp³-hybridized carbons (Fsp3) is 1.00. The lowest BCUT2D eigenvalue weighted by Gasteiger charge is -2.45. The van der Waals surface area contributed by atoms with Gasteiger partial charge in [-0.2, -0.15) is 0 Å². The van der Waals surface area contributed by atoms with Crippen molar-refractivity contribution >= 4 is 0 Å². The van der Waals surface area contributed by atoms with Crippen molar-refractivity contribution in [1.29, 1.82) is 0 Å². The Kier molecular flexibility index (Phi) is 1.35. The van der Waals surface area contributed by atoms with E-state index in [-0.39, 0.29) is 12.3 Å². The van der Waals surface area contributed by atoms with Gasteiger partial charge in [0.15, 0.2) is 0 Å². The Morgan fingerprint density at radius 1 is 1.45 bits per heavy atom. The van der Waals surface area contributed by atoms with Crippen molar-refractivity contribution in [3.05, 3.63) is 0 Å². The molecule has 2 bridgehead atoms. The Hall–Kier alpha value is -0.110. The molecule has 0 atom stereocenters. The smallest absolute Gasteiger partial charge is 0.118 e. The third-order valence-corrected chi connectivity index (χ3v) is 3.48. The molecule has 1 saturated carbocycles. The van der Waals surface area contributed by atoms with E-state index in [9.17, 15) is 4.39 Å². The zero-order valence-electron chi connectivity index (χ0n) is 7.19. The van der Waals surface area contributed by atoms with Crippen LogP contribution in [-0.4, -0.2) is 18.9 Å². The first kappa shape index (κ1) is 7.53. The second-order valence-electron chi connectivity index (χ2n) is 4.48. The highest BCUT2D eigenvalue weighted by atomic mass is 19.1. The van der Waals surface area contributed by atoms with Gasteiger partial charge in [-0.25, -0.2) is 4.39 Å². The predicted molar refractivity (Wildman–Crippen MR) is 41.2 cm³/mol. The second kappa shape index (κ2) is 1.98. The van der Waals surface area contributed by atoms with Crippen molar-refractivity contribution in [2.45, 2.75) is 32.3 Å². The molecule has 0 unspecified atom stereocenters. The lowest BCUT2D eigenvalue weighted by atomic mass is 9.58. The van der Waals surface area contributed by atoms with E-state index in [1.807, 2.05) is 0 Å². The molecule has 0 aromatic heterocycles. The van der Waals surface area contributed by atoms with Crippen LogP contribution in [0, 0.1) is 11.3 Å². The molecule has 1 nitrogen and oxygen atoms in total. The van der Waals surface area contributed by atoms with Crippen molar-refractivity contribution < 1.29 is 9.13 Å². The van der Waals surface area contributed by atoms with Gasteiger partial charge in [-0.05, 0) is 18.8 Å². The summed E-state index contributed by atoms with van der Waals surface area (Å²) in [5, 5.41) is 0. The summed E-state index contributed by atoms with van der Waals surface area (Å²) in [7, 11) is 0. The molecule has 0 N–H and O–H groups in total. The van der Waals surface area contributed by atoms with Crippen molar-refractivity contribution in [2.24, 2.45) is 11.3 Å². The van der Waals surface area contributed by atoms with E-state index in [0.29, 0.717) is 11.3 Å². The SMILES string of the molecule is CC(C)C12COC(CF)(C1)C2. The maximum Gasteiger partial charge on any atom is 0.118 e. The van der Waals surface area contributed by atoms with Crippen LogP contribution in [0.4, 0.5) is 4.39 Å². The van der Waals surface area contributed by atoms with Gasteiger partial charge in [-0.15, -0.1) is 0 Å². The largest absolute Gasteiger partial charge is 0.372 e. The molecular weight excluding hydrogens is 143 g/mol. The minimum absolute atomic E-state index is 0.290. The molecule has 3 fully saturated rings. The van der Waals surface area contributed by atoms with Crippen LogP contribution in [0.1, 0.15) is 26.7 Å². The number of hydrogen-bond donors (Lipinski definition) is 0. The summed E-state index contributed by atoms with van der Waals surface area (Å²) in [4.78, 5) is 0. The third-order valence-electron chi connectivity index (χ3n) is 3.48. The standard InChI is InChI=1S/C9H15FO/c1-7(2)8-3-9(4-8,5-10)11-6-8/h7H,3-6H2,1-2H3. The van der Waals surface area contributed by atoms with Gasteiger partial charge in [0, 0.05) is 5.41 Å². The lowest BCUT2D eigenvalue weighted by Crippen LogP contribution is -2.48. The molecule has 0 radical (unpaired) electrons. The van der Waals surface area contributed by atoms with E-state index in [1.54, 1.807) is 0 Å². The van der Waals surface area contributed by atoms with Gasteiger partial charge < -0.3 is 4.74 Å². The fourth-order valence-electron chi connectivity index (χ4n) is 2.44. The van der Waals surface area contributed by atoms with Crippen molar-refractivity contribution in [2.75, 3.05) is 13.3 Å². The van der Waals surface area contributed by atoms with E-state index in [0.717, 1.165) is 19.4 Å². The van der Waals surface area contributed by atoms with Crippen molar-refractivity contribution in [1.82, 2.24) is 0 Å². The van der Waals surface area contributed by atoms with Gasteiger partial charge >= 0.3 is 0 Å². The van der Waals surface area contributed by atoms with Crippen LogP contribution in [0.15, 0.2) is 0 Å². The third kappa shape index (κ3) is 0.792. The predicted octanol–water partition coefficient (Wildman–Crippen LogP) is 2.16. The molecule has 64 valence electrons. The molecule has 3 rings (SSSR count). The molecule has 11 heavy (non-hydrogen) atoms. The van der Waals surface area contributed by atoms with Crippen LogP contribution in [0.2, 0.25) is 0 Å². The molecule has 1 aliphatic carbocycles. The summed E-state index contributed by atoms with van der Waals surface area (Å²) in [6.07, 6.45) is 1.91. The molecule has 0 spiro atoms. The van der Waals surface area contributed by atoms with Crippen LogP contribution in [0.3, 0.4) is 0 Å². The quantitative estimate of drug-likeness (QED) is 0.598. The Bertz CT molecular complexity index is 170. The monoisotopic (exact) mass is 158 g/mol. The highest BCUT2D eigenvalue weighted by Crippen LogP contribution is 2.61. The highest BCUT2D eigenvalue weighted by Gasteiger charge is 2.63. The van der Waals surface area contributed by atoms with Crippen molar-refractivity contribution in [3.8, 4) is 0 Å². The number of alkyl halides is 1.